The molecule has 0 unspecified atom stereocenters. The lowest BCUT2D eigenvalue weighted by Gasteiger charge is -2.17. The van der Waals surface area contributed by atoms with Crippen LogP contribution in [-0.2, 0) is 4.74 Å². The quantitative estimate of drug-likeness (QED) is 0.487. The first-order valence-electron chi connectivity index (χ1n) is 5.75. The molecule has 0 aliphatic carbocycles. The van der Waals surface area contributed by atoms with Crippen LogP contribution in [0.5, 0.6) is 0 Å². The van der Waals surface area contributed by atoms with Crippen molar-refractivity contribution in [2.24, 2.45) is 0 Å². The molecule has 2 rings (SSSR count). The van der Waals surface area contributed by atoms with Gasteiger partial charge < -0.3 is 30.5 Å². The molecule has 0 amide bonds. The van der Waals surface area contributed by atoms with E-state index in [1.54, 1.807) is 0 Å². The minimum absolute atomic E-state index is 0.145. The predicted octanol–water partition coefficient (Wildman–Crippen LogP) is -0.764. The highest BCUT2D eigenvalue weighted by Crippen LogP contribution is 2.23. The van der Waals surface area contributed by atoms with Gasteiger partial charge in [0, 0.05) is 5.69 Å². The number of carbonyl (C=O) groups is 1. The maximum atomic E-state index is 10.7. The number of rotatable bonds is 4. The molecular weight excluding hydrogens is 254 g/mol. The van der Waals surface area contributed by atoms with Gasteiger partial charge in [-0.25, -0.2) is 4.79 Å². The van der Waals surface area contributed by atoms with E-state index >= 15 is 0 Å². The summed E-state index contributed by atoms with van der Waals surface area (Å²) >= 11 is 0. The lowest BCUT2D eigenvalue weighted by atomic mass is 10.1. The Hall–Kier alpha value is -1.67. The van der Waals surface area contributed by atoms with E-state index in [-0.39, 0.29) is 5.56 Å². The number of carboxylic acid groups (broad SMARTS) is 1. The molecule has 5 N–H and O–H groups in total. The molecule has 1 aliphatic rings. The maximum Gasteiger partial charge on any atom is 0.335 e. The molecule has 0 saturated carbocycles. The highest BCUT2D eigenvalue weighted by atomic mass is 16.6. The third-order valence-electron chi connectivity index (χ3n) is 2.98. The second-order valence-corrected chi connectivity index (χ2v) is 4.29. The SMILES string of the molecule is O=C(O)c1ccc(N[C@@H]2O[C@H](CO)[C@H](O)[C@H]2O)cc1. The lowest BCUT2D eigenvalue weighted by Crippen LogP contribution is -2.36. The molecule has 0 bridgehead atoms. The number of hydrogen-bond donors (Lipinski definition) is 5. The number of aromatic carboxylic acids is 1. The van der Waals surface area contributed by atoms with Crippen LogP contribution in [0, 0.1) is 0 Å². The fourth-order valence-corrected chi connectivity index (χ4v) is 1.89. The molecule has 1 aliphatic heterocycles. The standard InChI is InChI=1S/C12H15NO6/c14-5-8-9(15)10(16)11(19-8)13-7-3-1-6(2-4-7)12(17)18/h1-4,8-11,13-16H,5H2,(H,17,18)/t8-,9+,10-,11-/m1/s1. The van der Waals surface area contributed by atoms with E-state index in [9.17, 15) is 15.0 Å². The topological polar surface area (TPSA) is 119 Å². The van der Waals surface area contributed by atoms with Crippen LogP contribution in [0.1, 0.15) is 10.4 Å². The summed E-state index contributed by atoms with van der Waals surface area (Å²) in [4.78, 5) is 10.7. The van der Waals surface area contributed by atoms with Gasteiger partial charge in [-0.1, -0.05) is 0 Å². The average molecular weight is 269 g/mol. The molecule has 0 aromatic heterocycles. The average Bonchev–Trinajstić information content (AvgIpc) is 2.67. The zero-order chi connectivity index (χ0) is 14.0. The third-order valence-corrected chi connectivity index (χ3v) is 2.98. The Morgan fingerprint density at radius 2 is 1.84 bits per heavy atom. The van der Waals surface area contributed by atoms with Gasteiger partial charge in [0.15, 0.2) is 6.23 Å². The first kappa shape index (κ1) is 13.8. The van der Waals surface area contributed by atoms with Crippen LogP contribution in [0.15, 0.2) is 24.3 Å². The largest absolute Gasteiger partial charge is 0.478 e. The number of aliphatic hydroxyl groups excluding tert-OH is 3. The van der Waals surface area contributed by atoms with Crippen LogP contribution in [0.4, 0.5) is 5.69 Å². The van der Waals surface area contributed by atoms with E-state index in [0.29, 0.717) is 5.69 Å². The number of aliphatic hydroxyl groups is 3. The van der Waals surface area contributed by atoms with E-state index in [0.717, 1.165) is 0 Å². The summed E-state index contributed by atoms with van der Waals surface area (Å²) in [6, 6.07) is 5.87. The fourth-order valence-electron chi connectivity index (χ4n) is 1.89. The summed E-state index contributed by atoms with van der Waals surface area (Å²) in [5, 5.41) is 39.8. The van der Waals surface area contributed by atoms with Crippen molar-refractivity contribution in [2.75, 3.05) is 11.9 Å². The van der Waals surface area contributed by atoms with E-state index in [2.05, 4.69) is 5.32 Å². The number of benzene rings is 1. The van der Waals surface area contributed by atoms with E-state index in [1.165, 1.54) is 24.3 Å². The third kappa shape index (κ3) is 2.85. The summed E-state index contributed by atoms with van der Waals surface area (Å²) in [5.74, 6) is -1.03. The van der Waals surface area contributed by atoms with Crippen LogP contribution >= 0.6 is 0 Å². The number of carboxylic acids is 1. The van der Waals surface area contributed by atoms with E-state index < -0.39 is 37.1 Å². The van der Waals surface area contributed by atoms with Crippen molar-refractivity contribution in [3.63, 3.8) is 0 Å². The first-order valence-corrected chi connectivity index (χ1v) is 5.75. The van der Waals surface area contributed by atoms with Crippen molar-refractivity contribution < 1.29 is 30.0 Å². The number of nitrogens with one attached hydrogen (secondary N) is 1. The first-order chi connectivity index (χ1) is 9.02. The van der Waals surface area contributed by atoms with Gasteiger partial charge in [-0.15, -0.1) is 0 Å². The number of hydrogen-bond acceptors (Lipinski definition) is 6. The highest BCUT2D eigenvalue weighted by Gasteiger charge is 2.42. The van der Waals surface area contributed by atoms with Gasteiger partial charge in [-0.3, -0.25) is 0 Å². The molecule has 1 saturated heterocycles. The van der Waals surface area contributed by atoms with Crippen LogP contribution < -0.4 is 5.32 Å². The van der Waals surface area contributed by atoms with Crippen molar-refractivity contribution in [1.82, 2.24) is 0 Å². The van der Waals surface area contributed by atoms with Crippen LogP contribution in [0.3, 0.4) is 0 Å². The summed E-state index contributed by atoms with van der Waals surface area (Å²) in [5.41, 5.74) is 0.687. The Kier molecular flexibility index (Phi) is 4.01. The van der Waals surface area contributed by atoms with Crippen LogP contribution in [0.2, 0.25) is 0 Å². The molecule has 1 aromatic carbocycles. The zero-order valence-corrected chi connectivity index (χ0v) is 9.93. The predicted molar refractivity (Wildman–Crippen MR) is 64.8 cm³/mol. The zero-order valence-electron chi connectivity index (χ0n) is 9.93. The lowest BCUT2D eigenvalue weighted by molar-refractivity contribution is -0.0153. The summed E-state index contributed by atoms with van der Waals surface area (Å²) in [6.07, 6.45) is -4.04. The smallest absolute Gasteiger partial charge is 0.335 e. The summed E-state index contributed by atoms with van der Waals surface area (Å²) in [7, 11) is 0. The number of ether oxygens (including phenoxy) is 1. The van der Waals surface area contributed by atoms with E-state index in [4.69, 9.17) is 14.9 Å². The van der Waals surface area contributed by atoms with Gasteiger partial charge in [-0.05, 0) is 24.3 Å². The van der Waals surface area contributed by atoms with Gasteiger partial charge in [0.05, 0.1) is 12.2 Å². The van der Waals surface area contributed by atoms with Gasteiger partial charge in [0.2, 0.25) is 0 Å². The number of anilines is 1. The minimum atomic E-state index is -1.17. The Labute approximate surface area is 109 Å². The monoisotopic (exact) mass is 269 g/mol. The minimum Gasteiger partial charge on any atom is -0.478 e. The Morgan fingerprint density at radius 3 is 2.32 bits per heavy atom. The molecule has 7 heteroatoms. The summed E-state index contributed by atoms with van der Waals surface area (Å²) in [6.45, 7) is -0.394. The fraction of sp³-hybridized carbons (Fsp3) is 0.417. The highest BCUT2D eigenvalue weighted by molar-refractivity contribution is 5.87. The van der Waals surface area contributed by atoms with Crippen molar-refractivity contribution >= 4 is 11.7 Å². The molecule has 0 radical (unpaired) electrons. The molecule has 1 aromatic rings. The molecule has 0 spiro atoms. The molecule has 1 fully saturated rings. The molecular formula is C12H15NO6. The normalized spacial score (nSPS) is 30.3. The Balaban J connectivity index is 2.03. The molecule has 1 heterocycles. The van der Waals surface area contributed by atoms with Crippen LogP contribution in [0.25, 0.3) is 0 Å². The van der Waals surface area contributed by atoms with Crippen molar-refractivity contribution in [2.45, 2.75) is 24.5 Å². The molecule has 19 heavy (non-hydrogen) atoms. The van der Waals surface area contributed by atoms with Crippen molar-refractivity contribution in [3.05, 3.63) is 29.8 Å². The van der Waals surface area contributed by atoms with Crippen LogP contribution in [-0.4, -0.2) is 57.5 Å². The van der Waals surface area contributed by atoms with Crippen molar-refractivity contribution in [1.29, 1.82) is 0 Å². The van der Waals surface area contributed by atoms with Gasteiger partial charge in [0.25, 0.3) is 0 Å². The Morgan fingerprint density at radius 1 is 1.21 bits per heavy atom. The van der Waals surface area contributed by atoms with Gasteiger partial charge in [0.1, 0.15) is 18.3 Å². The van der Waals surface area contributed by atoms with Crippen molar-refractivity contribution in [3.8, 4) is 0 Å². The van der Waals surface area contributed by atoms with E-state index in [1.807, 2.05) is 0 Å². The molecule has 104 valence electrons. The van der Waals surface area contributed by atoms with Gasteiger partial charge >= 0.3 is 5.97 Å². The second kappa shape index (κ2) is 5.54. The van der Waals surface area contributed by atoms with Gasteiger partial charge in [-0.2, -0.15) is 0 Å². The molecule has 7 nitrogen and oxygen atoms in total. The maximum absolute atomic E-state index is 10.7. The summed E-state index contributed by atoms with van der Waals surface area (Å²) < 4.78 is 5.24. The molecule has 4 atom stereocenters. The second-order valence-electron chi connectivity index (χ2n) is 4.29. The Bertz CT molecular complexity index is 448.